The second-order valence-electron chi connectivity index (χ2n) is 5.62. The Balaban J connectivity index is 0.00000200. The van der Waals surface area contributed by atoms with Gasteiger partial charge in [-0.1, -0.05) is 6.07 Å². The van der Waals surface area contributed by atoms with Gasteiger partial charge in [-0.25, -0.2) is 4.98 Å². The molecule has 1 aliphatic heterocycles. The Hall–Kier alpha value is -1.04. The van der Waals surface area contributed by atoms with Gasteiger partial charge in [0.2, 0.25) is 5.91 Å². The fourth-order valence-corrected chi connectivity index (χ4v) is 2.06. The van der Waals surface area contributed by atoms with Crippen LogP contribution in [0.5, 0.6) is 0 Å². The predicted octanol–water partition coefficient (Wildman–Crippen LogP) is 1.88. The topological polar surface area (TPSA) is 71.2 Å². The Morgan fingerprint density at radius 3 is 2.43 bits per heavy atom. The molecule has 0 aliphatic carbocycles. The maximum atomic E-state index is 11.6. The second kappa shape index (κ2) is 8.41. The zero-order chi connectivity index (χ0) is 13.9. The summed E-state index contributed by atoms with van der Waals surface area (Å²) in [6.45, 7) is 6.02. The SMILES string of the molecule is CC(C)(N)C(=O)NCc1ccc(N2CCCC2)nc1.Cl.Cl. The van der Waals surface area contributed by atoms with E-state index in [1.807, 2.05) is 18.3 Å². The zero-order valence-electron chi connectivity index (χ0n) is 12.5. The minimum atomic E-state index is -0.844. The third kappa shape index (κ3) is 5.69. The summed E-state index contributed by atoms with van der Waals surface area (Å²) in [7, 11) is 0. The van der Waals surface area contributed by atoms with Crippen molar-refractivity contribution in [2.75, 3.05) is 18.0 Å². The smallest absolute Gasteiger partial charge is 0.239 e. The summed E-state index contributed by atoms with van der Waals surface area (Å²) in [4.78, 5) is 18.4. The number of anilines is 1. The molecule has 3 N–H and O–H groups in total. The van der Waals surface area contributed by atoms with E-state index in [-0.39, 0.29) is 30.7 Å². The lowest BCUT2D eigenvalue weighted by molar-refractivity contribution is -0.125. The number of rotatable bonds is 4. The predicted molar refractivity (Wildman–Crippen MR) is 90.3 cm³/mol. The minimum absolute atomic E-state index is 0. The van der Waals surface area contributed by atoms with E-state index in [0.717, 1.165) is 24.5 Å². The van der Waals surface area contributed by atoms with Crippen LogP contribution < -0.4 is 16.0 Å². The van der Waals surface area contributed by atoms with Crippen molar-refractivity contribution in [3.8, 4) is 0 Å². The van der Waals surface area contributed by atoms with Crippen LogP contribution in [0, 0.1) is 0 Å². The van der Waals surface area contributed by atoms with Crippen LogP contribution in [0.1, 0.15) is 32.3 Å². The summed E-state index contributed by atoms with van der Waals surface area (Å²) < 4.78 is 0. The molecule has 2 rings (SSSR count). The number of halogens is 2. The Kier molecular flexibility index (Phi) is 8.00. The average molecular weight is 335 g/mol. The highest BCUT2D eigenvalue weighted by Crippen LogP contribution is 2.17. The zero-order valence-corrected chi connectivity index (χ0v) is 14.1. The van der Waals surface area contributed by atoms with Gasteiger partial charge in [-0.2, -0.15) is 0 Å². The highest BCUT2D eigenvalue weighted by molar-refractivity contribution is 5.85. The Labute approximate surface area is 138 Å². The number of hydrogen-bond acceptors (Lipinski definition) is 4. The maximum Gasteiger partial charge on any atom is 0.239 e. The number of pyridine rings is 1. The summed E-state index contributed by atoms with van der Waals surface area (Å²) in [6.07, 6.45) is 4.30. The lowest BCUT2D eigenvalue weighted by Gasteiger charge is -2.18. The number of hydrogen-bond donors (Lipinski definition) is 2. The number of carbonyl (C=O) groups excluding carboxylic acids is 1. The second-order valence-corrected chi connectivity index (χ2v) is 5.62. The van der Waals surface area contributed by atoms with Gasteiger partial charge in [0.1, 0.15) is 5.82 Å². The molecule has 1 aromatic heterocycles. The molecule has 1 fully saturated rings. The summed E-state index contributed by atoms with van der Waals surface area (Å²) in [6, 6.07) is 4.02. The number of amides is 1. The van der Waals surface area contributed by atoms with Crippen LogP contribution in [0.15, 0.2) is 18.3 Å². The van der Waals surface area contributed by atoms with Gasteiger partial charge in [0, 0.05) is 25.8 Å². The van der Waals surface area contributed by atoms with Gasteiger partial charge < -0.3 is 16.0 Å². The van der Waals surface area contributed by atoms with Gasteiger partial charge in [0.15, 0.2) is 0 Å². The fraction of sp³-hybridized carbons (Fsp3) is 0.571. The van der Waals surface area contributed by atoms with E-state index < -0.39 is 5.54 Å². The first-order valence-corrected chi connectivity index (χ1v) is 6.74. The summed E-state index contributed by atoms with van der Waals surface area (Å²) in [5.74, 6) is 0.864. The monoisotopic (exact) mass is 334 g/mol. The first kappa shape index (κ1) is 20.0. The maximum absolute atomic E-state index is 11.6. The van der Waals surface area contributed by atoms with Crippen LogP contribution in [0.3, 0.4) is 0 Å². The molecule has 0 saturated carbocycles. The molecule has 21 heavy (non-hydrogen) atoms. The normalized spacial score (nSPS) is 14.1. The molecule has 1 aromatic rings. The van der Waals surface area contributed by atoms with E-state index in [1.165, 1.54) is 12.8 Å². The first-order chi connectivity index (χ1) is 8.97. The number of nitrogens with zero attached hydrogens (tertiary/aromatic N) is 2. The van der Waals surface area contributed by atoms with Crippen molar-refractivity contribution in [2.45, 2.75) is 38.8 Å². The molecule has 0 atom stereocenters. The average Bonchev–Trinajstić information content (AvgIpc) is 2.89. The largest absolute Gasteiger partial charge is 0.357 e. The van der Waals surface area contributed by atoms with Gasteiger partial charge in [-0.3, -0.25) is 4.79 Å². The van der Waals surface area contributed by atoms with Crippen LogP contribution in [-0.2, 0) is 11.3 Å². The van der Waals surface area contributed by atoms with E-state index in [4.69, 9.17) is 5.73 Å². The highest BCUT2D eigenvalue weighted by Gasteiger charge is 2.21. The van der Waals surface area contributed by atoms with Crippen molar-refractivity contribution >= 4 is 36.5 Å². The molecule has 120 valence electrons. The van der Waals surface area contributed by atoms with E-state index in [2.05, 4.69) is 15.2 Å². The van der Waals surface area contributed by atoms with Crippen molar-refractivity contribution in [3.63, 3.8) is 0 Å². The number of aromatic nitrogens is 1. The van der Waals surface area contributed by atoms with Crippen LogP contribution in [0.4, 0.5) is 5.82 Å². The molecule has 0 bridgehead atoms. The number of carbonyl (C=O) groups is 1. The quantitative estimate of drug-likeness (QED) is 0.881. The van der Waals surface area contributed by atoms with Crippen molar-refractivity contribution < 1.29 is 4.79 Å². The van der Waals surface area contributed by atoms with Gasteiger partial charge >= 0.3 is 0 Å². The van der Waals surface area contributed by atoms with Crippen molar-refractivity contribution in [1.82, 2.24) is 10.3 Å². The minimum Gasteiger partial charge on any atom is -0.357 e. The number of nitrogens with two attached hydrogens (primary N) is 1. The van der Waals surface area contributed by atoms with Gasteiger partial charge in [0.05, 0.1) is 5.54 Å². The lowest BCUT2D eigenvalue weighted by Crippen LogP contribution is -2.48. The standard InChI is InChI=1S/C14H22N4O.2ClH/c1-14(2,15)13(19)17-10-11-5-6-12(16-9-11)18-7-3-4-8-18;;/h5-6,9H,3-4,7-8,10,15H2,1-2H3,(H,17,19);2*1H. The van der Waals surface area contributed by atoms with Crippen LogP contribution in [-0.4, -0.2) is 29.5 Å². The third-order valence-corrected chi connectivity index (χ3v) is 3.28. The van der Waals surface area contributed by atoms with Gasteiger partial charge in [0.25, 0.3) is 0 Å². The van der Waals surface area contributed by atoms with Crippen LogP contribution in [0.2, 0.25) is 0 Å². The molecule has 1 amide bonds. The fourth-order valence-electron chi connectivity index (χ4n) is 2.06. The van der Waals surface area contributed by atoms with E-state index >= 15 is 0 Å². The van der Waals surface area contributed by atoms with Gasteiger partial charge in [-0.05, 0) is 38.3 Å². The number of nitrogens with one attached hydrogen (secondary N) is 1. The van der Waals surface area contributed by atoms with E-state index in [0.29, 0.717) is 6.54 Å². The summed E-state index contributed by atoms with van der Waals surface area (Å²) in [5, 5.41) is 2.81. The molecule has 5 nitrogen and oxygen atoms in total. The molecular formula is C14H24Cl2N4O. The van der Waals surface area contributed by atoms with Crippen LogP contribution >= 0.6 is 24.8 Å². The van der Waals surface area contributed by atoms with Crippen molar-refractivity contribution in [3.05, 3.63) is 23.9 Å². The van der Waals surface area contributed by atoms with E-state index in [1.54, 1.807) is 13.8 Å². The van der Waals surface area contributed by atoms with Crippen molar-refractivity contribution in [1.29, 1.82) is 0 Å². The molecule has 2 heterocycles. The molecular weight excluding hydrogens is 311 g/mol. The molecule has 1 aliphatic rings. The highest BCUT2D eigenvalue weighted by atomic mass is 35.5. The first-order valence-electron chi connectivity index (χ1n) is 6.74. The lowest BCUT2D eigenvalue weighted by atomic mass is 10.1. The Bertz CT molecular complexity index is 439. The molecule has 7 heteroatoms. The molecule has 0 spiro atoms. The van der Waals surface area contributed by atoms with Crippen molar-refractivity contribution in [2.24, 2.45) is 5.73 Å². The molecule has 0 radical (unpaired) electrons. The summed E-state index contributed by atoms with van der Waals surface area (Å²) >= 11 is 0. The third-order valence-electron chi connectivity index (χ3n) is 3.28. The van der Waals surface area contributed by atoms with Crippen LogP contribution in [0.25, 0.3) is 0 Å². The Morgan fingerprint density at radius 1 is 1.33 bits per heavy atom. The molecule has 0 unspecified atom stereocenters. The Morgan fingerprint density at radius 2 is 1.95 bits per heavy atom. The molecule has 0 aromatic carbocycles. The van der Waals surface area contributed by atoms with E-state index in [9.17, 15) is 4.79 Å². The summed E-state index contributed by atoms with van der Waals surface area (Å²) in [5.41, 5.74) is 5.86. The molecule has 1 saturated heterocycles. The van der Waals surface area contributed by atoms with Gasteiger partial charge in [-0.15, -0.1) is 24.8 Å².